The highest BCUT2D eigenvalue weighted by atomic mass is 16.3. The first-order valence-electron chi connectivity index (χ1n) is 9.44. The summed E-state index contributed by atoms with van der Waals surface area (Å²) in [5.74, 6) is 0.0494. The van der Waals surface area contributed by atoms with Crippen molar-refractivity contribution in [3.8, 4) is 0 Å². The molecule has 0 bridgehead atoms. The van der Waals surface area contributed by atoms with Gasteiger partial charge in [-0.15, -0.1) is 0 Å². The number of Topliss-reactive ketones (excluding diaryl/α,β-unsaturated/α-hetero) is 1. The Hall–Kier alpha value is -3.73. The number of hydrogen-bond donors (Lipinski definition) is 1. The van der Waals surface area contributed by atoms with Crippen molar-refractivity contribution in [1.82, 2.24) is 4.98 Å². The SMILES string of the molecule is Cc1cccc(CCC(=O)c2ccco2)c1C(=O)Nc1cccc2cccnc12. The van der Waals surface area contributed by atoms with Gasteiger partial charge in [0.15, 0.2) is 11.5 Å². The topological polar surface area (TPSA) is 72.2 Å². The zero-order valence-electron chi connectivity index (χ0n) is 16.0. The quantitative estimate of drug-likeness (QED) is 0.464. The van der Waals surface area contributed by atoms with Gasteiger partial charge in [-0.2, -0.15) is 0 Å². The molecule has 0 saturated carbocycles. The van der Waals surface area contributed by atoms with E-state index in [0.717, 1.165) is 22.0 Å². The van der Waals surface area contributed by atoms with E-state index in [9.17, 15) is 9.59 Å². The highest BCUT2D eigenvalue weighted by Gasteiger charge is 2.17. The molecule has 0 saturated heterocycles. The second-order valence-corrected chi connectivity index (χ2v) is 6.84. The summed E-state index contributed by atoms with van der Waals surface area (Å²) in [5.41, 5.74) is 3.68. The third-order valence-corrected chi connectivity index (χ3v) is 4.88. The fourth-order valence-electron chi connectivity index (χ4n) is 3.46. The van der Waals surface area contributed by atoms with E-state index in [4.69, 9.17) is 4.42 Å². The van der Waals surface area contributed by atoms with Gasteiger partial charge in [-0.05, 0) is 48.7 Å². The molecule has 0 atom stereocenters. The highest BCUT2D eigenvalue weighted by molar-refractivity contribution is 6.09. The number of rotatable bonds is 6. The van der Waals surface area contributed by atoms with Gasteiger partial charge in [-0.1, -0.05) is 36.4 Å². The molecule has 0 unspecified atom stereocenters. The number of amides is 1. The van der Waals surface area contributed by atoms with Crippen molar-refractivity contribution in [3.05, 3.63) is 95.6 Å². The lowest BCUT2D eigenvalue weighted by molar-refractivity contribution is 0.0953. The van der Waals surface area contributed by atoms with Crippen LogP contribution in [0.1, 0.15) is 38.5 Å². The number of ketones is 1. The van der Waals surface area contributed by atoms with E-state index in [1.807, 2.05) is 55.5 Å². The molecule has 1 amide bonds. The number of nitrogens with zero attached hydrogens (tertiary/aromatic N) is 1. The van der Waals surface area contributed by atoms with E-state index in [-0.39, 0.29) is 18.1 Å². The molecule has 1 N–H and O–H groups in total. The Morgan fingerprint density at radius 2 is 1.83 bits per heavy atom. The largest absolute Gasteiger partial charge is 0.461 e. The molecular formula is C24H20N2O3. The van der Waals surface area contributed by atoms with E-state index in [2.05, 4.69) is 10.3 Å². The highest BCUT2D eigenvalue weighted by Crippen LogP contribution is 2.23. The van der Waals surface area contributed by atoms with Crippen molar-refractivity contribution in [2.45, 2.75) is 19.8 Å². The molecule has 0 aliphatic rings. The molecule has 4 rings (SSSR count). The number of hydrogen-bond acceptors (Lipinski definition) is 4. The van der Waals surface area contributed by atoms with Gasteiger partial charge in [0.25, 0.3) is 5.91 Å². The standard InChI is InChI=1S/C24H20N2O3/c1-16-6-2-7-17(12-13-20(27)21-11-5-15-29-21)22(16)24(28)26-19-10-3-8-18-9-4-14-25-23(18)19/h2-11,14-15H,12-13H2,1H3,(H,26,28). The fourth-order valence-corrected chi connectivity index (χ4v) is 3.46. The van der Waals surface area contributed by atoms with E-state index in [1.165, 1.54) is 6.26 Å². The van der Waals surface area contributed by atoms with Crippen molar-refractivity contribution in [1.29, 1.82) is 0 Å². The summed E-state index contributed by atoms with van der Waals surface area (Å²) in [6.07, 6.45) is 3.92. The number of aromatic nitrogens is 1. The third-order valence-electron chi connectivity index (χ3n) is 4.88. The molecule has 0 fully saturated rings. The van der Waals surface area contributed by atoms with Gasteiger partial charge in [0.2, 0.25) is 0 Å². The zero-order valence-corrected chi connectivity index (χ0v) is 16.0. The molecule has 0 spiro atoms. The van der Waals surface area contributed by atoms with Crippen LogP contribution in [0.4, 0.5) is 5.69 Å². The molecule has 0 radical (unpaired) electrons. The summed E-state index contributed by atoms with van der Waals surface area (Å²) in [7, 11) is 0. The summed E-state index contributed by atoms with van der Waals surface area (Å²) in [4.78, 5) is 29.8. The predicted molar refractivity (Wildman–Crippen MR) is 112 cm³/mol. The molecule has 2 heterocycles. The number of carbonyl (C=O) groups excluding carboxylic acids is 2. The summed E-state index contributed by atoms with van der Waals surface area (Å²) < 4.78 is 5.17. The molecule has 2 aromatic carbocycles. The number of benzene rings is 2. The maximum absolute atomic E-state index is 13.1. The lowest BCUT2D eigenvalue weighted by Gasteiger charge is -2.13. The minimum absolute atomic E-state index is 0.0823. The normalized spacial score (nSPS) is 10.8. The molecule has 0 aliphatic heterocycles. The molecule has 0 aliphatic carbocycles. The van der Waals surface area contributed by atoms with E-state index in [0.29, 0.717) is 23.4 Å². The van der Waals surface area contributed by atoms with Gasteiger partial charge >= 0.3 is 0 Å². The van der Waals surface area contributed by atoms with E-state index >= 15 is 0 Å². The number of anilines is 1. The summed E-state index contributed by atoms with van der Waals surface area (Å²) in [5, 5.41) is 3.95. The average molecular weight is 384 g/mol. The lowest BCUT2D eigenvalue weighted by atomic mass is 9.96. The van der Waals surface area contributed by atoms with Crippen molar-refractivity contribution in [2.75, 3.05) is 5.32 Å². The number of para-hydroxylation sites is 1. The Labute approximate surface area is 168 Å². The van der Waals surface area contributed by atoms with Gasteiger partial charge in [-0.25, -0.2) is 0 Å². The second kappa shape index (κ2) is 8.10. The first-order valence-corrected chi connectivity index (χ1v) is 9.44. The third kappa shape index (κ3) is 3.94. The number of aryl methyl sites for hydroxylation is 2. The number of nitrogens with one attached hydrogen (secondary N) is 1. The number of carbonyl (C=O) groups is 2. The minimum Gasteiger partial charge on any atom is -0.461 e. The average Bonchev–Trinajstić information content (AvgIpc) is 3.27. The van der Waals surface area contributed by atoms with Crippen LogP contribution in [0.3, 0.4) is 0 Å². The van der Waals surface area contributed by atoms with Crippen LogP contribution in [0.5, 0.6) is 0 Å². The molecule has 144 valence electrons. The summed E-state index contributed by atoms with van der Waals surface area (Å²) >= 11 is 0. The predicted octanol–water partition coefficient (Wildman–Crippen LogP) is 5.20. The zero-order chi connectivity index (χ0) is 20.2. The van der Waals surface area contributed by atoms with Gasteiger partial charge in [0.1, 0.15) is 0 Å². The molecule has 29 heavy (non-hydrogen) atoms. The smallest absolute Gasteiger partial charge is 0.256 e. The van der Waals surface area contributed by atoms with E-state index in [1.54, 1.807) is 18.3 Å². The van der Waals surface area contributed by atoms with Gasteiger partial charge in [-0.3, -0.25) is 14.6 Å². The summed E-state index contributed by atoms with van der Waals surface area (Å²) in [6.45, 7) is 1.90. The van der Waals surface area contributed by atoms with Gasteiger partial charge in [0.05, 0.1) is 17.5 Å². The Morgan fingerprint density at radius 3 is 2.66 bits per heavy atom. The van der Waals surface area contributed by atoms with Crippen molar-refractivity contribution in [3.63, 3.8) is 0 Å². The van der Waals surface area contributed by atoms with E-state index < -0.39 is 0 Å². The molecule has 4 aromatic rings. The van der Waals surface area contributed by atoms with Crippen LogP contribution in [0.2, 0.25) is 0 Å². The van der Waals surface area contributed by atoms with Crippen LogP contribution in [-0.4, -0.2) is 16.7 Å². The first-order chi connectivity index (χ1) is 14.1. The maximum atomic E-state index is 13.1. The first kappa shape index (κ1) is 18.6. The van der Waals surface area contributed by atoms with Crippen molar-refractivity contribution in [2.24, 2.45) is 0 Å². The number of furan rings is 1. The monoisotopic (exact) mass is 384 g/mol. The van der Waals surface area contributed by atoms with Gasteiger partial charge in [0, 0.05) is 23.6 Å². The van der Waals surface area contributed by atoms with Crippen LogP contribution >= 0.6 is 0 Å². The molecular weight excluding hydrogens is 364 g/mol. The molecule has 2 aromatic heterocycles. The van der Waals surface area contributed by atoms with Crippen LogP contribution in [0.25, 0.3) is 10.9 Å². The van der Waals surface area contributed by atoms with Crippen LogP contribution < -0.4 is 5.32 Å². The fraction of sp³-hybridized carbons (Fsp3) is 0.125. The molecule has 5 nitrogen and oxygen atoms in total. The van der Waals surface area contributed by atoms with Crippen LogP contribution in [0, 0.1) is 6.92 Å². The summed E-state index contributed by atoms with van der Waals surface area (Å²) in [6, 6.07) is 18.5. The van der Waals surface area contributed by atoms with Crippen molar-refractivity contribution < 1.29 is 14.0 Å². The Bertz CT molecular complexity index is 1170. The minimum atomic E-state index is -0.207. The Morgan fingerprint density at radius 1 is 1.00 bits per heavy atom. The van der Waals surface area contributed by atoms with Crippen LogP contribution in [0.15, 0.2) is 77.5 Å². The Balaban J connectivity index is 1.59. The maximum Gasteiger partial charge on any atom is 0.256 e. The number of pyridine rings is 1. The second-order valence-electron chi connectivity index (χ2n) is 6.84. The van der Waals surface area contributed by atoms with Crippen molar-refractivity contribution >= 4 is 28.3 Å². The number of fused-ring (bicyclic) bond motifs is 1. The Kier molecular flexibility index (Phi) is 5.20. The molecule has 5 heteroatoms. The van der Waals surface area contributed by atoms with Gasteiger partial charge < -0.3 is 9.73 Å². The van der Waals surface area contributed by atoms with Crippen LogP contribution in [-0.2, 0) is 6.42 Å². The lowest BCUT2D eigenvalue weighted by Crippen LogP contribution is -2.17.